The number of halogens is 1. The smallest absolute Gasteiger partial charge is 0.225 e. The molecule has 0 atom stereocenters. The summed E-state index contributed by atoms with van der Waals surface area (Å²) in [5, 5.41) is 9.12. The fourth-order valence-corrected chi connectivity index (χ4v) is 2.07. The van der Waals surface area contributed by atoms with Crippen LogP contribution in [0, 0.1) is 0 Å². The zero-order valence-electron chi connectivity index (χ0n) is 11.3. The molecule has 0 saturated heterocycles. The summed E-state index contributed by atoms with van der Waals surface area (Å²) < 4.78 is 11.5. The van der Waals surface area contributed by atoms with Crippen molar-refractivity contribution in [3.8, 4) is 11.5 Å². The molecule has 0 saturated carbocycles. The molecule has 0 unspecified atom stereocenters. The van der Waals surface area contributed by atoms with Crippen molar-refractivity contribution in [2.24, 2.45) is 0 Å². The van der Waals surface area contributed by atoms with Gasteiger partial charge in [-0.25, -0.2) is 0 Å². The second-order valence-electron chi connectivity index (χ2n) is 4.15. The molecular formula is C13H18BrNO4. The second-order valence-corrected chi connectivity index (χ2v) is 5.01. The molecule has 1 amide bonds. The number of aliphatic hydroxyl groups excluding tert-OH is 1. The number of methoxy groups -OCH3 is 1. The minimum absolute atomic E-state index is 0.00191. The van der Waals surface area contributed by atoms with Crippen LogP contribution in [0.15, 0.2) is 16.6 Å². The third-order valence-corrected chi connectivity index (χ3v) is 3.12. The number of rotatable bonds is 6. The van der Waals surface area contributed by atoms with Gasteiger partial charge in [0.1, 0.15) is 0 Å². The topological polar surface area (TPSA) is 59.0 Å². The molecule has 1 aromatic rings. The molecule has 0 aliphatic heterocycles. The molecule has 6 heteroatoms. The first-order valence-corrected chi connectivity index (χ1v) is 6.59. The molecule has 0 heterocycles. The van der Waals surface area contributed by atoms with Gasteiger partial charge in [0.15, 0.2) is 11.5 Å². The average Bonchev–Trinajstić information content (AvgIpc) is 2.39. The van der Waals surface area contributed by atoms with E-state index in [4.69, 9.17) is 14.6 Å². The Hall–Kier alpha value is -1.27. The molecule has 106 valence electrons. The highest BCUT2D eigenvalue weighted by Gasteiger charge is 2.12. The molecule has 1 rings (SSSR count). The van der Waals surface area contributed by atoms with Gasteiger partial charge >= 0.3 is 0 Å². The van der Waals surface area contributed by atoms with Crippen molar-refractivity contribution in [3.05, 3.63) is 22.2 Å². The van der Waals surface area contributed by atoms with Crippen LogP contribution in [-0.2, 0) is 11.4 Å². The molecule has 0 radical (unpaired) electrons. The van der Waals surface area contributed by atoms with Gasteiger partial charge in [-0.1, -0.05) is 0 Å². The van der Waals surface area contributed by atoms with Crippen molar-refractivity contribution >= 4 is 21.8 Å². The van der Waals surface area contributed by atoms with Crippen LogP contribution >= 0.6 is 15.9 Å². The van der Waals surface area contributed by atoms with E-state index in [9.17, 15) is 4.79 Å². The summed E-state index contributed by atoms with van der Waals surface area (Å²) in [6, 6.07) is 3.46. The Bertz CT molecular complexity index is 449. The molecule has 1 N–H and O–H groups in total. The highest BCUT2D eigenvalue weighted by atomic mass is 79.9. The van der Waals surface area contributed by atoms with E-state index in [1.54, 1.807) is 26.2 Å². The number of amides is 1. The van der Waals surface area contributed by atoms with E-state index in [1.165, 1.54) is 12.0 Å². The normalized spacial score (nSPS) is 10.2. The quantitative estimate of drug-likeness (QED) is 0.863. The Balaban J connectivity index is 2.75. The summed E-state index contributed by atoms with van der Waals surface area (Å²) in [4.78, 5) is 13.0. The second kappa shape index (κ2) is 7.35. The van der Waals surface area contributed by atoms with Gasteiger partial charge in [-0.15, -0.1) is 0 Å². The van der Waals surface area contributed by atoms with Crippen molar-refractivity contribution < 1.29 is 19.4 Å². The zero-order chi connectivity index (χ0) is 14.4. The van der Waals surface area contributed by atoms with E-state index in [0.717, 1.165) is 5.56 Å². The van der Waals surface area contributed by atoms with Crippen molar-refractivity contribution in [2.45, 2.75) is 13.0 Å². The minimum atomic E-state index is -0.0750. The van der Waals surface area contributed by atoms with Crippen LogP contribution in [0.1, 0.15) is 12.0 Å². The van der Waals surface area contributed by atoms with E-state index in [-0.39, 0.29) is 19.1 Å². The van der Waals surface area contributed by atoms with Crippen molar-refractivity contribution in [1.29, 1.82) is 0 Å². The first-order chi connectivity index (χ1) is 8.99. The molecule has 0 bridgehead atoms. The number of nitrogens with zero attached hydrogens (tertiary/aromatic N) is 1. The summed E-state index contributed by atoms with van der Waals surface area (Å²) in [5.74, 6) is 1.06. The van der Waals surface area contributed by atoms with E-state index in [2.05, 4.69) is 15.9 Å². The van der Waals surface area contributed by atoms with E-state index in [0.29, 0.717) is 22.4 Å². The van der Waals surface area contributed by atoms with Crippen LogP contribution < -0.4 is 9.47 Å². The van der Waals surface area contributed by atoms with Crippen molar-refractivity contribution in [1.82, 2.24) is 4.90 Å². The fraction of sp³-hybridized carbons (Fsp3) is 0.462. The standard InChI is InChI=1S/C13H18BrNO4/c1-15(2)12(17)4-5-19-13-10(14)6-9(8-16)7-11(13)18-3/h6-7,16H,4-5,8H2,1-3H3. The number of ether oxygens (including phenoxy) is 2. The predicted octanol–water partition coefficient (Wildman–Crippen LogP) is 1.81. The third-order valence-electron chi connectivity index (χ3n) is 2.53. The van der Waals surface area contributed by atoms with Crippen LogP contribution in [0.25, 0.3) is 0 Å². The van der Waals surface area contributed by atoms with Crippen LogP contribution in [0.2, 0.25) is 0 Å². The number of hydrogen-bond acceptors (Lipinski definition) is 4. The Morgan fingerprint density at radius 1 is 1.42 bits per heavy atom. The Labute approximate surface area is 121 Å². The van der Waals surface area contributed by atoms with Crippen LogP contribution in [0.3, 0.4) is 0 Å². The molecule has 19 heavy (non-hydrogen) atoms. The van der Waals surface area contributed by atoms with E-state index in [1.807, 2.05) is 0 Å². The van der Waals surface area contributed by atoms with Gasteiger partial charge in [-0.3, -0.25) is 4.79 Å². The zero-order valence-corrected chi connectivity index (χ0v) is 12.9. The molecule has 5 nitrogen and oxygen atoms in total. The molecule has 0 fully saturated rings. The lowest BCUT2D eigenvalue weighted by molar-refractivity contribution is -0.129. The van der Waals surface area contributed by atoms with Gasteiger partial charge in [0.05, 0.1) is 31.2 Å². The summed E-state index contributed by atoms with van der Waals surface area (Å²) >= 11 is 3.36. The molecular weight excluding hydrogens is 314 g/mol. The van der Waals surface area contributed by atoms with E-state index < -0.39 is 0 Å². The first kappa shape index (κ1) is 15.8. The number of hydrogen-bond donors (Lipinski definition) is 1. The van der Waals surface area contributed by atoms with Crippen molar-refractivity contribution in [2.75, 3.05) is 27.8 Å². The maximum absolute atomic E-state index is 11.4. The number of aliphatic hydroxyl groups is 1. The SMILES string of the molecule is COc1cc(CO)cc(Br)c1OCCC(=O)N(C)C. The average molecular weight is 332 g/mol. The molecule has 0 spiro atoms. The lowest BCUT2D eigenvalue weighted by Crippen LogP contribution is -2.23. The monoisotopic (exact) mass is 331 g/mol. The third kappa shape index (κ3) is 4.40. The number of carbonyl (C=O) groups excluding carboxylic acids is 1. The number of carbonyl (C=O) groups is 1. The lowest BCUT2D eigenvalue weighted by Gasteiger charge is -2.15. The van der Waals surface area contributed by atoms with Crippen LogP contribution in [0.5, 0.6) is 11.5 Å². The van der Waals surface area contributed by atoms with Gasteiger partial charge in [0, 0.05) is 14.1 Å². The largest absolute Gasteiger partial charge is 0.493 e. The number of benzene rings is 1. The molecule has 0 aliphatic carbocycles. The summed E-state index contributed by atoms with van der Waals surface area (Å²) in [7, 11) is 4.94. The highest BCUT2D eigenvalue weighted by Crippen LogP contribution is 2.36. The van der Waals surface area contributed by atoms with E-state index >= 15 is 0 Å². The summed E-state index contributed by atoms with van der Waals surface area (Å²) in [6.07, 6.45) is 0.296. The fourth-order valence-electron chi connectivity index (χ4n) is 1.47. The van der Waals surface area contributed by atoms with Gasteiger partial charge in [0.25, 0.3) is 0 Å². The molecule has 0 aliphatic rings. The Kier molecular flexibility index (Phi) is 6.11. The van der Waals surface area contributed by atoms with Gasteiger partial charge < -0.3 is 19.5 Å². The summed E-state index contributed by atoms with van der Waals surface area (Å²) in [6.45, 7) is 0.193. The lowest BCUT2D eigenvalue weighted by atomic mass is 10.2. The van der Waals surface area contributed by atoms with Crippen LogP contribution in [0.4, 0.5) is 0 Å². The minimum Gasteiger partial charge on any atom is -0.493 e. The maximum atomic E-state index is 11.4. The van der Waals surface area contributed by atoms with Gasteiger partial charge in [0.2, 0.25) is 5.91 Å². The first-order valence-electron chi connectivity index (χ1n) is 5.79. The molecule has 1 aromatic carbocycles. The summed E-state index contributed by atoms with van der Waals surface area (Å²) in [5.41, 5.74) is 0.723. The van der Waals surface area contributed by atoms with Crippen molar-refractivity contribution in [3.63, 3.8) is 0 Å². The molecule has 0 aromatic heterocycles. The Morgan fingerprint density at radius 3 is 2.63 bits per heavy atom. The van der Waals surface area contributed by atoms with Gasteiger partial charge in [-0.2, -0.15) is 0 Å². The Morgan fingerprint density at radius 2 is 2.11 bits per heavy atom. The maximum Gasteiger partial charge on any atom is 0.225 e. The van der Waals surface area contributed by atoms with Gasteiger partial charge in [-0.05, 0) is 33.6 Å². The highest BCUT2D eigenvalue weighted by molar-refractivity contribution is 9.10. The van der Waals surface area contributed by atoms with Crippen LogP contribution in [-0.4, -0.2) is 43.7 Å². The predicted molar refractivity (Wildman–Crippen MR) is 75.4 cm³/mol.